The highest BCUT2D eigenvalue weighted by molar-refractivity contribution is 6.74. The molecule has 0 aromatic heterocycles. The van der Waals surface area contributed by atoms with Crippen molar-refractivity contribution in [3.8, 4) is 5.75 Å². The number of benzene rings is 1. The third-order valence-electron chi connectivity index (χ3n) is 6.93. The van der Waals surface area contributed by atoms with Gasteiger partial charge in [-0.1, -0.05) is 46.8 Å². The molecule has 1 aromatic rings. The molecule has 8 heteroatoms. The summed E-state index contributed by atoms with van der Waals surface area (Å²) in [6, 6.07) is 6.60. The Morgan fingerprint density at radius 3 is 2.17 bits per heavy atom. The summed E-state index contributed by atoms with van der Waals surface area (Å²) >= 11 is 0. The first-order chi connectivity index (χ1) is 16.4. The topological polar surface area (TPSA) is 76.2 Å². The Labute approximate surface area is 218 Å². The molecule has 1 saturated heterocycles. The molecular formula is C28H46N2O5Si. The highest BCUT2D eigenvalue weighted by Crippen LogP contribution is 2.37. The molecule has 2 atom stereocenters. The van der Waals surface area contributed by atoms with Crippen molar-refractivity contribution in [1.29, 1.82) is 0 Å². The fraction of sp³-hybridized carbons (Fsp3) is 0.679. The number of aldehydes is 1. The quantitative estimate of drug-likeness (QED) is 0.327. The van der Waals surface area contributed by atoms with Gasteiger partial charge in [0.1, 0.15) is 29.7 Å². The van der Waals surface area contributed by atoms with Gasteiger partial charge in [-0.15, -0.1) is 0 Å². The lowest BCUT2D eigenvalue weighted by Gasteiger charge is -2.44. The first kappa shape index (κ1) is 29.9. The van der Waals surface area contributed by atoms with Crippen molar-refractivity contribution in [3.05, 3.63) is 29.8 Å². The van der Waals surface area contributed by atoms with Gasteiger partial charge in [0.25, 0.3) is 0 Å². The third kappa shape index (κ3) is 7.82. The molecule has 0 unspecified atom stereocenters. The van der Waals surface area contributed by atoms with Gasteiger partial charge in [0.2, 0.25) is 14.2 Å². The third-order valence-corrected chi connectivity index (χ3v) is 11.3. The van der Waals surface area contributed by atoms with Gasteiger partial charge in [-0.05, 0) is 75.4 Å². The number of ether oxygens (including phenoxy) is 1. The van der Waals surface area contributed by atoms with Crippen molar-refractivity contribution in [2.24, 2.45) is 5.92 Å². The SMILES string of the molecule is CC(C)C[C@H]1C(=O)N(CCc2ccc(O[Si](C)(C)C(C)(C)C)cc2)C[C@H](C=O)N1C(=O)OC(C)(C)C. The van der Waals surface area contributed by atoms with Crippen LogP contribution < -0.4 is 4.43 Å². The minimum absolute atomic E-state index is 0.120. The second-order valence-electron chi connectivity index (χ2n) is 12.8. The van der Waals surface area contributed by atoms with Crippen LogP contribution >= 0.6 is 0 Å². The van der Waals surface area contributed by atoms with Crippen LogP contribution in [-0.4, -0.2) is 67.2 Å². The molecule has 0 bridgehead atoms. The summed E-state index contributed by atoms with van der Waals surface area (Å²) in [5, 5.41) is 0.120. The zero-order valence-corrected chi connectivity index (χ0v) is 24.9. The summed E-state index contributed by atoms with van der Waals surface area (Å²) < 4.78 is 11.9. The Hall–Kier alpha value is -2.35. The van der Waals surface area contributed by atoms with E-state index in [-0.39, 0.29) is 23.4 Å². The van der Waals surface area contributed by atoms with Crippen LogP contribution in [0.25, 0.3) is 0 Å². The van der Waals surface area contributed by atoms with E-state index in [4.69, 9.17) is 9.16 Å². The Kier molecular flexibility index (Phi) is 9.43. The predicted molar refractivity (Wildman–Crippen MR) is 146 cm³/mol. The molecule has 2 amide bonds. The van der Waals surface area contributed by atoms with Crippen LogP contribution in [-0.2, 0) is 20.7 Å². The Bertz CT molecular complexity index is 915. The smallest absolute Gasteiger partial charge is 0.411 e. The van der Waals surface area contributed by atoms with E-state index in [2.05, 4.69) is 33.9 Å². The van der Waals surface area contributed by atoms with E-state index in [1.165, 1.54) is 4.90 Å². The van der Waals surface area contributed by atoms with Gasteiger partial charge in [-0.25, -0.2) is 4.79 Å². The van der Waals surface area contributed by atoms with Crippen LogP contribution in [0.3, 0.4) is 0 Å². The number of carbonyl (C=O) groups is 3. The molecule has 1 fully saturated rings. The first-order valence-corrected chi connectivity index (χ1v) is 15.9. The molecule has 1 heterocycles. The van der Waals surface area contributed by atoms with E-state index >= 15 is 0 Å². The van der Waals surface area contributed by atoms with Crippen molar-refractivity contribution in [1.82, 2.24) is 9.80 Å². The number of amides is 2. The summed E-state index contributed by atoms with van der Waals surface area (Å²) in [5.74, 6) is 0.903. The van der Waals surface area contributed by atoms with Crippen molar-refractivity contribution in [2.75, 3.05) is 13.1 Å². The molecule has 1 aliphatic rings. The molecule has 0 N–H and O–H groups in total. The van der Waals surface area contributed by atoms with Crippen molar-refractivity contribution in [3.63, 3.8) is 0 Å². The standard InChI is InChI=1S/C28H46N2O5Si/c1-20(2)17-24-25(32)29(18-22(19-31)30(24)26(33)34-27(3,4)5)16-15-21-11-13-23(14-12-21)35-36(9,10)28(6,7)8/h11-14,19-20,22,24H,15-18H2,1-10H3/t22-,24+/m1/s1. The van der Waals surface area contributed by atoms with Crippen molar-refractivity contribution in [2.45, 2.75) is 104 Å². The van der Waals surface area contributed by atoms with E-state index < -0.39 is 32.1 Å². The number of hydrogen-bond donors (Lipinski definition) is 0. The van der Waals surface area contributed by atoms with E-state index in [1.54, 1.807) is 25.7 Å². The molecule has 0 saturated carbocycles. The molecule has 0 aliphatic carbocycles. The molecule has 0 radical (unpaired) electrons. The molecular weight excluding hydrogens is 472 g/mol. The lowest BCUT2D eigenvalue weighted by atomic mass is 9.96. The van der Waals surface area contributed by atoms with E-state index in [9.17, 15) is 14.4 Å². The Morgan fingerprint density at radius 2 is 1.69 bits per heavy atom. The minimum atomic E-state index is -1.91. The summed E-state index contributed by atoms with van der Waals surface area (Å²) in [6.07, 6.45) is 1.26. The fourth-order valence-electron chi connectivity index (χ4n) is 3.95. The number of carbonyl (C=O) groups excluding carboxylic acids is 3. The predicted octanol–water partition coefficient (Wildman–Crippen LogP) is 5.67. The lowest BCUT2D eigenvalue weighted by Crippen LogP contribution is -2.65. The molecule has 1 aromatic carbocycles. The Morgan fingerprint density at radius 1 is 1.11 bits per heavy atom. The van der Waals surface area contributed by atoms with Gasteiger partial charge in [-0.2, -0.15) is 0 Å². The second kappa shape index (κ2) is 11.4. The summed E-state index contributed by atoms with van der Waals surface area (Å²) in [6.45, 7) is 21.1. The van der Waals surface area contributed by atoms with Crippen LogP contribution in [0, 0.1) is 5.92 Å². The molecule has 2 rings (SSSR count). The zero-order valence-electron chi connectivity index (χ0n) is 23.9. The van der Waals surface area contributed by atoms with Crippen LogP contribution in [0.15, 0.2) is 24.3 Å². The number of hydrogen-bond acceptors (Lipinski definition) is 5. The number of nitrogens with zero attached hydrogens (tertiary/aromatic N) is 2. The maximum atomic E-state index is 13.5. The van der Waals surface area contributed by atoms with Crippen LogP contribution in [0.5, 0.6) is 5.75 Å². The second-order valence-corrected chi connectivity index (χ2v) is 17.5. The van der Waals surface area contributed by atoms with E-state index in [0.29, 0.717) is 19.4 Å². The molecule has 0 spiro atoms. The zero-order chi connectivity index (χ0) is 27.5. The number of piperazine rings is 1. The van der Waals surface area contributed by atoms with E-state index in [0.717, 1.165) is 17.6 Å². The average molecular weight is 519 g/mol. The molecule has 1 aliphatic heterocycles. The maximum absolute atomic E-state index is 13.5. The highest BCUT2D eigenvalue weighted by Gasteiger charge is 2.45. The van der Waals surface area contributed by atoms with Gasteiger partial charge < -0.3 is 18.9 Å². The highest BCUT2D eigenvalue weighted by atomic mass is 28.4. The lowest BCUT2D eigenvalue weighted by molar-refractivity contribution is -0.146. The fourth-order valence-corrected chi connectivity index (χ4v) is 4.98. The van der Waals surface area contributed by atoms with Gasteiger partial charge in [0.05, 0.1) is 0 Å². The maximum Gasteiger partial charge on any atom is 0.411 e. The molecule has 202 valence electrons. The van der Waals surface area contributed by atoms with Crippen molar-refractivity contribution >= 4 is 26.6 Å². The first-order valence-electron chi connectivity index (χ1n) is 13.0. The van der Waals surface area contributed by atoms with E-state index in [1.807, 2.05) is 38.1 Å². The Balaban J connectivity index is 2.14. The average Bonchev–Trinajstić information content (AvgIpc) is 2.72. The summed E-state index contributed by atoms with van der Waals surface area (Å²) in [4.78, 5) is 41.5. The van der Waals surface area contributed by atoms with Crippen LogP contribution in [0.2, 0.25) is 18.1 Å². The van der Waals surface area contributed by atoms with Crippen molar-refractivity contribution < 1.29 is 23.5 Å². The van der Waals surface area contributed by atoms with Gasteiger partial charge in [-0.3, -0.25) is 9.69 Å². The summed E-state index contributed by atoms with van der Waals surface area (Å²) in [7, 11) is -1.91. The van der Waals surface area contributed by atoms with Gasteiger partial charge >= 0.3 is 6.09 Å². The largest absolute Gasteiger partial charge is 0.544 e. The van der Waals surface area contributed by atoms with Gasteiger partial charge in [0.15, 0.2) is 0 Å². The normalized spacial score (nSPS) is 19.5. The van der Waals surface area contributed by atoms with Gasteiger partial charge in [0, 0.05) is 13.1 Å². The minimum Gasteiger partial charge on any atom is -0.544 e. The van der Waals surface area contributed by atoms with Crippen LogP contribution in [0.1, 0.15) is 67.4 Å². The van der Waals surface area contributed by atoms with Crippen LogP contribution in [0.4, 0.5) is 4.79 Å². The molecule has 36 heavy (non-hydrogen) atoms. The summed E-state index contributed by atoms with van der Waals surface area (Å²) in [5.41, 5.74) is 0.371. The molecule has 7 nitrogen and oxygen atoms in total. The monoisotopic (exact) mass is 518 g/mol. The number of rotatable bonds is 8.